The molecule has 1 amide bonds. The summed E-state index contributed by atoms with van der Waals surface area (Å²) in [6.07, 6.45) is 5.74. The van der Waals surface area contributed by atoms with Gasteiger partial charge in [-0.2, -0.15) is 0 Å². The Morgan fingerprint density at radius 1 is 1.18 bits per heavy atom. The maximum absolute atomic E-state index is 12.3. The minimum atomic E-state index is -2.99. The van der Waals surface area contributed by atoms with Crippen LogP contribution < -0.4 is 5.32 Å². The summed E-state index contributed by atoms with van der Waals surface area (Å²) in [5.74, 6) is -0.527. The van der Waals surface area contributed by atoms with Crippen molar-refractivity contribution in [2.24, 2.45) is 5.92 Å². The van der Waals surface area contributed by atoms with Crippen LogP contribution in [0.25, 0.3) is 0 Å². The molecule has 0 aromatic heterocycles. The SMILES string of the molecule is COC(=O)C1(NC(=O)C[C@H]2CCS(=O)(=O)C2)CCCCCC1. The van der Waals surface area contributed by atoms with Crippen molar-refractivity contribution in [3.05, 3.63) is 0 Å². The van der Waals surface area contributed by atoms with Gasteiger partial charge in [0.2, 0.25) is 5.91 Å². The molecule has 0 aromatic rings. The number of sulfone groups is 1. The highest BCUT2D eigenvalue weighted by Crippen LogP contribution is 2.29. The molecule has 126 valence electrons. The predicted octanol–water partition coefficient (Wildman–Crippen LogP) is 1.19. The van der Waals surface area contributed by atoms with Gasteiger partial charge in [0.05, 0.1) is 18.6 Å². The summed E-state index contributed by atoms with van der Waals surface area (Å²) in [5.41, 5.74) is -0.931. The number of amides is 1. The average Bonchev–Trinajstić information content (AvgIpc) is 2.66. The number of esters is 1. The Morgan fingerprint density at radius 2 is 1.82 bits per heavy atom. The molecule has 0 unspecified atom stereocenters. The topological polar surface area (TPSA) is 89.5 Å². The summed E-state index contributed by atoms with van der Waals surface area (Å²) in [4.78, 5) is 24.5. The molecule has 7 heteroatoms. The first-order valence-electron chi connectivity index (χ1n) is 7.97. The third-order valence-corrected chi connectivity index (χ3v) is 6.55. The van der Waals surface area contributed by atoms with Gasteiger partial charge in [0.25, 0.3) is 0 Å². The molecule has 2 aliphatic rings. The fraction of sp³-hybridized carbons (Fsp3) is 0.867. The molecule has 1 saturated heterocycles. The fourth-order valence-corrected chi connectivity index (χ4v) is 5.38. The lowest BCUT2D eigenvalue weighted by Crippen LogP contribution is -2.55. The van der Waals surface area contributed by atoms with Crippen molar-refractivity contribution in [3.8, 4) is 0 Å². The third-order valence-electron chi connectivity index (χ3n) is 4.71. The van der Waals surface area contributed by atoms with E-state index in [0.717, 1.165) is 25.7 Å². The first-order chi connectivity index (χ1) is 10.4. The molecule has 1 N–H and O–H groups in total. The first-order valence-corrected chi connectivity index (χ1v) is 9.79. The molecule has 1 aliphatic heterocycles. The van der Waals surface area contributed by atoms with Gasteiger partial charge >= 0.3 is 5.97 Å². The largest absolute Gasteiger partial charge is 0.467 e. The lowest BCUT2D eigenvalue weighted by Gasteiger charge is -2.31. The first kappa shape index (κ1) is 17.2. The quantitative estimate of drug-likeness (QED) is 0.617. The van der Waals surface area contributed by atoms with Gasteiger partial charge < -0.3 is 10.1 Å². The van der Waals surface area contributed by atoms with Crippen LogP contribution in [0.3, 0.4) is 0 Å². The standard InChI is InChI=1S/C15H25NO5S/c1-21-14(18)15(7-4-2-3-5-8-15)16-13(17)10-12-6-9-22(19,20)11-12/h12H,2-11H2,1H3,(H,16,17)/t12-/m1/s1. The number of rotatable bonds is 4. The summed E-state index contributed by atoms with van der Waals surface area (Å²) in [5, 5.41) is 2.87. The van der Waals surface area contributed by atoms with Crippen LogP contribution in [-0.4, -0.2) is 44.4 Å². The van der Waals surface area contributed by atoms with Crippen molar-refractivity contribution in [2.75, 3.05) is 18.6 Å². The van der Waals surface area contributed by atoms with Crippen molar-refractivity contribution in [1.82, 2.24) is 5.32 Å². The van der Waals surface area contributed by atoms with Crippen molar-refractivity contribution >= 4 is 21.7 Å². The summed E-state index contributed by atoms with van der Waals surface area (Å²) < 4.78 is 27.8. The summed E-state index contributed by atoms with van der Waals surface area (Å²) >= 11 is 0. The zero-order valence-electron chi connectivity index (χ0n) is 13.1. The summed E-state index contributed by atoms with van der Waals surface area (Å²) in [6.45, 7) is 0. The van der Waals surface area contributed by atoms with Crippen molar-refractivity contribution in [3.63, 3.8) is 0 Å². The highest BCUT2D eigenvalue weighted by atomic mass is 32.2. The number of hydrogen-bond acceptors (Lipinski definition) is 5. The van der Waals surface area contributed by atoms with Crippen LogP contribution >= 0.6 is 0 Å². The Kier molecular flexibility index (Phi) is 5.47. The van der Waals surface area contributed by atoms with Crippen molar-refractivity contribution in [2.45, 2.75) is 56.9 Å². The zero-order chi connectivity index (χ0) is 16.2. The molecule has 0 spiro atoms. The Balaban J connectivity index is 2.00. The fourth-order valence-electron chi connectivity index (χ4n) is 3.52. The highest BCUT2D eigenvalue weighted by Gasteiger charge is 2.41. The Morgan fingerprint density at radius 3 is 2.32 bits per heavy atom. The van der Waals surface area contributed by atoms with Crippen LogP contribution in [0.15, 0.2) is 0 Å². The van der Waals surface area contributed by atoms with Crippen LogP contribution in [0.2, 0.25) is 0 Å². The number of hydrogen-bond donors (Lipinski definition) is 1. The van der Waals surface area contributed by atoms with Crippen molar-refractivity contribution in [1.29, 1.82) is 0 Å². The van der Waals surface area contributed by atoms with E-state index in [1.54, 1.807) is 0 Å². The molecular weight excluding hydrogens is 306 g/mol. The molecule has 1 aliphatic carbocycles. The lowest BCUT2D eigenvalue weighted by atomic mass is 9.89. The average molecular weight is 331 g/mol. The number of nitrogens with one attached hydrogen (secondary N) is 1. The molecule has 0 bridgehead atoms. The molecule has 1 saturated carbocycles. The maximum Gasteiger partial charge on any atom is 0.331 e. The normalized spacial score (nSPS) is 26.9. The van der Waals surface area contributed by atoms with E-state index in [2.05, 4.69) is 5.32 Å². The second-order valence-electron chi connectivity index (χ2n) is 6.51. The Hall–Kier alpha value is -1.11. The Bertz CT molecular complexity index is 520. The predicted molar refractivity (Wildman–Crippen MR) is 82.0 cm³/mol. The van der Waals surface area contributed by atoms with Gasteiger partial charge in [-0.15, -0.1) is 0 Å². The van der Waals surface area contributed by atoms with E-state index in [4.69, 9.17) is 4.74 Å². The molecule has 1 heterocycles. The van der Waals surface area contributed by atoms with Crippen LogP contribution in [-0.2, 0) is 24.2 Å². The molecule has 6 nitrogen and oxygen atoms in total. The smallest absolute Gasteiger partial charge is 0.331 e. The van der Waals surface area contributed by atoms with Crippen LogP contribution in [0.1, 0.15) is 51.4 Å². The van der Waals surface area contributed by atoms with E-state index in [1.165, 1.54) is 7.11 Å². The minimum absolute atomic E-state index is 0.0750. The maximum atomic E-state index is 12.3. The van der Waals surface area contributed by atoms with E-state index in [-0.39, 0.29) is 35.7 Å². The Labute approximate surface area is 131 Å². The number of ether oxygens (including phenoxy) is 1. The van der Waals surface area contributed by atoms with E-state index in [9.17, 15) is 18.0 Å². The highest BCUT2D eigenvalue weighted by molar-refractivity contribution is 7.91. The molecule has 1 atom stereocenters. The van der Waals surface area contributed by atoms with E-state index >= 15 is 0 Å². The van der Waals surface area contributed by atoms with Gasteiger partial charge in [-0.3, -0.25) is 4.79 Å². The van der Waals surface area contributed by atoms with Gasteiger partial charge in [-0.1, -0.05) is 25.7 Å². The van der Waals surface area contributed by atoms with E-state index in [1.807, 2.05) is 0 Å². The zero-order valence-corrected chi connectivity index (χ0v) is 13.9. The monoisotopic (exact) mass is 331 g/mol. The number of carbonyl (C=O) groups excluding carboxylic acids is 2. The molecule has 0 radical (unpaired) electrons. The van der Waals surface area contributed by atoms with Gasteiger partial charge in [0, 0.05) is 6.42 Å². The molecule has 2 fully saturated rings. The molecule has 22 heavy (non-hydrogen) atoms. The van der Waals surface area contributed by atoms with Crippen LogP contribution in [0.4, 0.5) is 0 Å². The van der Waals surface area contributed by atoms with Gasteiger partial charge in [-0.25, -0.2) is 13.2 Å². The van der Waals surface area contributed by atoms with E-state index in [0.29, 0.717) is 19.3 Å². The van der Waals surface area contributed by atoms with Gasteiger partial charge in [0.15, 0.2) is 9.84 Å². The van der Waals surface area contributed by atoms with Crippen LogP contribution in [0.5, 0.6) is 0 Å². The second-order valence-corrected chi connectivity index (χ2v) is 8.74. The summed E-state index contributed by atoms with van der Waals surface area (Å²) in [6, 6.07) is 0. The minimum Gasteiger partial charge on any atom is -0.467 e. The second kappa shape index (κ2) is 6.98. The van der Waals surface area contributed by atoms with Crippen LogP contribution in [0, 0.1) is 5.92 Å². The molecule has 2 rings (SSSR count). The van der Waals surface area contributed by atoms with E-state index < -0.39 is 15.4 Å². The van der Waals surface area contributed by atoms with Crippen molar-refractivity contribution < 1.29 is 22.7 Å². The molecule has 0 aromatic carbocycles. The number of carbonyl (C=O) groups is 2. The van der Waals surface area contributed by atoms with Gasteiger partial charge in [-0.05, 0) is 25.2 Å². The van der Waals surface area contributed by atoms with Gasteiger partial charge in [0.1, 0.15) is 5.54 Å². The molecular formula is C15H25NO5S. The third kappa shape index (κ3) is 4.21. The number of methoxy groups -OCH3 is 1. The lowest BCUT2D eigenvalue weighted by molar-refractivity contribution is -0.151. The summed E-state index contributed by atoms with van der Waals surface area (Å²) in [7, 11) is -1.65.